The first-order valence-electron chi connectivity index (χ1n) is 8.72. The van der Waals surface area contributed by atoms with E-state index < -0.39 is 5.63 Å². The summed E-state index contributed by atoms with van der Waals surface area (Å²) in [5, 5.41) is 1.45. The van der Waals surface area contributed by atoms with Gasteiger partial charge in [-0.25, -0.2) is 14.8 Å². The average Bonchev–Trinajstić information content (AvgIpc) is 2.97. The van der Waals surface area contributed by atoms with Gasteiger partial charge in [0.1, 0.15) is 17.2 Å². The minimum atomic E-state index is -0.411. The third-order valence-electron chi connectivity index (χ3n) is 4.27. The van der Waals surface area contributed by atoms with Crippen LogP contribution in [-0.4, -0.2) is 26.1 Å². The maximum Gasteiger partial charge on any atom is 0.336 e. The standard InChI is InChI=1S/C19H18N4O4S/c1-4-26-12-5-6-14-13(8-12)11(7-15(24)27-14)9-28-19-22-16-17(23(19)3)20-10(2)21-18(16)25/h5-8H,4,9H2,1-3H3,(H,20,21,25). The Morgan fingerprint density at radius 3 is 2.86 bits per heavy atom. The van der Waals surface area contributed by atoms with Gasteiger partial charge in [0.25, 0.3) is 5.56 Å². The number of fused-ring (bicyclic) bond motifs is 2. The number of hydrogen-bond acceptors (Lipinski definition) is 7. The highest BCUT2D eigenvalue weighted by Gasteiger charge is 2.15. The first-order chi connectivity index (χ1) is 13.5. The first kappa shape index (κ1) is 18.3. The number of rotatable bonds is 5. The van der Waals surface area contributed by atoms with Crippen LogP contribution in [0.3, 0.4) is 0 Å². The van der Waals surface area contributed by atoms with Crippen molar-refractivity contribution in [1.29, 1.82) is 0 Å². The van der Waals surface area contributed by atoms with E-state index in [0.717, 1.165) is 10.9 Å². The van der Waals surface area contributed by atoms with Crippen molar-refractivity contribution in [3.63, 3.8) is 0 Å². The van der Waals surface area contributed by atoms with Crippen molar-refractivity contribution in [2.45, 2.75) is 24.8 Å². The Kier molecular flexibility index (Phi) is 4.68. The van der Waals surface area contributed by atoms with E-state index in [-0.39, 0.29) is 5.56 Å². The highest BCUT2D eigenvalue weighted by atomic mass is 32.2. The Labute approximate surface area is 163 Å². The van der Waals surface area contributed by atoms with Gasteiger partial charge in [-0.2, -0.15) is 0 Å². The molecule has 0 saturated heterocycles. The van der Waals surface area contributed by atoms with Crippen LogP contribution in [0.2, 0.25) is 0 Å². The molecule has 0 radical (unpaired) electrons. The molecule has 0 aliphatic carbocycles. The molecule has 4 aromatic rings. The fourth-order valence-corrected chi connectivity index (χ4v) is 3.97. The quantitative estimate of drug-likeness (QED) is 0.407. The Balaban J connectivity index is 1.73. The molecule has 0 bridgehead atoms. The zero-order chi connectivity index (χ0) is 19.8. The predicted octanol–water partition coefficient (Wildman–Crippen LogP) is 2.76. The van der Waals surface area contributed by atoms with Crippen LogP contribution in [0.1, 0.15) is 18.3 Å². The number of imidazole rings is 1. The number of thioether (sulfide) groups is 1. The molecule has 3 aromatic heterocycles. The van der Waals surface area contributed by atoms with Crippen LogP contribution in [0.5, 0.6) is 5.75 Å². The van der Waals surface area contributed by atoms with E-state index in [0.29, 0.717) is 45.8 Å². The molecule has 0 aliphatic heterocycles. The molecule has 0 unspecified atom stereocenters. The third kappa shape index (κ3) is 3.29. The molecular weight excluding hydrogens is 380 g/mol. The molecule has 3 heterocycles. The van der Waals surface area contributed by atoms with Crippen molar-refractivity contribution in [2.24, 2.45) is 7.05 Å². The molecule has 1 aromatic carbocycles. The number of ether oxygens (including phenoxy) is 1. The van der Waals surface area contributed by atoms with Gasteiger partial charge in [0.15, 0.2) is 16.3 Å². The van der Waals surface area contributed by atoms with Crippen LogP contribution in [-0.2, 0) is 12.8 Å². The number of aromatic nitrogens is 4. The first-order valence-corrected chi connectivity index (χ1v) is 9.70. The van der Waals surface area contributed by atoms with E-state index in [2.05, 4.69) is 15.0 Å². The number of nitrogens with zero attached hydrogens (tertiary/aromatic N) is 3. The largest absolute Gasteiger partial charge is 0.494 e. The average molecular weight is 398 g/mol. The smallest absolute Gasteiger partial charge is 0.336 e. The number of hydrogen-bond donors (Lipinski definition) is 1. The molecule has 28 heavy (non-hydrogen) atoms. The summed E-state index contributed by atoms with van der Waals surface area (Å²) >= 11 is 1.42. The number of aryl methyl sites for hydroxylation is 2. The van der Waals surface area contributed by atoms with Crippen molar-refractivity contribution in [2.75, 3.05) is 6.61 Å². The van der Waals surface area contributed by atoms with Gasteiger partial charge < -0.3 is 18.7 Å². The zero-order valence-electron chi connectivity index (χ0n) is 15.6. The Morgan fingerprint density at radius 1 is 1.25 bits per heavy atom. The number of aromatic amines is 1. The van der Waals surface area contributed by atoms with Gasteiger partial charge in [-0.15, -0.1) is 0 Å². The van der Waals surface area contributed by atoms with Gasteiger partial charge in [0.2, 0.25) is 0 Å². The molecule has 9 heteroatoms. The van der Waals surface area contributed by atoms with Gasteiger partial charge in [0.05, 0.1) is 6.61 Å². The highest BCUT2D eigenvalue weighted by Crippen LogP contribution is 2.29. The van der Waals surface area contributed by atoms with Crippen molar-refractivity contribution < 1.29 is 9.15 Å². The predicted molar refractivity (Wildman–Crippen MR) is 107 cm³/mol. The Hall–Kier alpha value is -3.07. The monoisotopic (exact) mass is 398 g/mol. The lowest BCUT2D eigenvalue weighted by molar-refractivity contribution is 0.340. The maximum absolute atomic E-state index is 12.1. The van der Waals surface area contributed by atoms with Gasteiger partial charge in [-0.1, -0.05) is 11.8 Å². The lowest BCUT2D eigenvalue weighted by Gasteiger charge is -2.08. The molecule has 1 N–H and O–H groups in total. The van der Waals surface area contributed by atoms with Gasteiger partial charge in [-0.05, 0) is 37.6 Å². The van der Waals surface area contributed by atoms with E-state index in [9.17, 15) is 9.59 Å². The summed E-state index contributed by atoms with van der Waals surface area (Å²) in [4.78, 5) is 35.5. The lowest BCUT2D eigenvalue weighted by Crippen LogP contribution is -2.10. The molecule has 0 spiro atoms. The normalized spacial score (nSPS) is 11.4. The minimum Gasteiger partial charge on any atom is -0.494 e. The summed E-state index contributed by atoms with van der Waals surface area (Å²) in [7, 11) is 1.81. The van der Waals surface area contributed by atoms with Crippen molar-refractivity contribution >= 4 is 33.9 Å². The zero-order valence-corrected chi connectivity index (χ0v) is 16.4. The van der Waals surface area contributed by atoms with Crippen molar-refractivity contribution in [3.05, 3.63) is 56.4 Å². The van der Waals surface area contributed by atoms with E-state index in [4.69, 9.17) is 9.15 Å². The topological polar surface area (TPSA) is 103 Å². The molecule has 0 amide bonds. The molecule has 0 atom stereocenters. The lowest BCUT2D eigenvalue weighted by atomic mass is 10.1. The second-order valence-electron chi connectivity index (χ2n) is 6.25. The SMILES string of the molecule is CCOc1ccc2oc(=O)cc(CSc3nc4c(=O)[nH]c(C)nc4n3C)c2c1. The molecule has 0 saturated carbocycles. The van der Waals surface area contributed by atoms with E-state index in [1.165, 1.54) is 17.8 Å². The number of H-pyrrole nitrogens is 1. The second kappa shape index (κ2) is 7.16. The van der Waals surface area contributed by atoms with E-state index in [1.807, 2.05) is 20.0 Å². The van der Waals surface area contributed by atoms with E-state index in [1.54, 1.807) is 23.6 Å². The summed E-state index contributed by atoms with van der Waals surface area (Å²) < 4.78 is 12.6. The molecular formula is C19H18N4O4S. The van der Waals surface area contributed by atoms with Crippen LogP contribution in [0.15, 0.2) is 43.4 Å². The van der Waals surface area contributed by atoms with Crippen molar-refractivity contribution in [1.82, 2.24) is 19.5 Å². The third-order valence-corrected chi connectivity index (χ3v) is 5.35. The van der Waals surface area contributed by atoms with Crippen LogP contribution >= 0.6 is 11.8 Å². The fourth-order valence-electron chi connectivity index (χ4n) is 3.01. The Morgan fingerprint density at radius 2 is 2.07 bits per heavy atom. The molecule has 0 fully saturated rings. The molecule has 4 rings (SSSR count). The van der Waals surface area contributed by atoms with Crippen LogP contribution in [0.4, 0.5) is 0 Å². The highest BCUT2D eigenvalue weighted by molar-refractivity contribution is 7.98. The summed E-state index contributed by atoms with van der Waals surface area (Å²) in [5.74, 6) is 1.72. The number of benzene rings is 1. The van der Waals surface area contributed by atoms with Crippen LogP contribution in [0.25, 0.3) is 22.1 Å². The van der Waals surface area contributed by atoms with Crippen LogP contribution < -0.4 is 15.9 Å². The van der Waals surface area contributed by atoms with Gasteiger partial charge in [0, 0.05) is 24.3 Å². The second-order valence-corrected chi connectivity index (χ2v) is 7.19. The van der Waals surface area contributed by atoms with E-state index >= 15 is 0 Å². The summed E-state index contributed by atoms with van der Waals surface area (Å²) in [5.41, 5.74) is 1.46. The molecule has 144 valence electrons. The molecule has 0 aliphatic rings. The van der Waals surface area contributed by atoms with Gasteiger partial charge in [-0.3, -0.25) is 4.79 Å². The van der Waals surface area contributed by atoms with Gasteiger partial charge >= 0.3 is 5.63 Å². The fraction of sp³-hybridized carbons (Fsp3) is 0.263. The van der Waals surface area contributed by atoms with Crippen molar-refractivity contribution in [3.8, 4) is 5.75 Å². The van der Waals surface area contributed by atoms with Crippen LogP contribution in [0, 0.1) is 6.92 Å². The summed E-state index contributed by atoms with van der Waals surface area (Å²) in [6.45, 7) is 4.19. The number of nitrogens with one attached hydrogen (secondary N) is 1. The summed E-state index contributed by atoms with van der Waals surface area (Å²) in [6, 6.07) is 6.85. The summed E-state index contributed by atoms with van der Waals surface area (Å²) in [6.07, 6.45) is 0. The molecule has 8 nitrogen and oxygen atoms in total. The maximum atomic E-state index is 12.1. The minimum absolute atomic E-state index is 0.267. The Bertz CT molecular complexity index is 1310.